The van der Waals surface area contributed by atoms with E-state index in [1.54, 1.807) is 7.11 Å². The SMILES string of the molecule is COc1ccc(C(C)NC(=O)C2CNNC2c2ccccc2)cc1. The summed E-state index contributed by atoms with van der Waals surface area (Å²) >= 11 is 0. The Bertz CT molecular complexity index is 673. The molecular formula is C19H23N3O2. The minimum Gasteiger partial charge on any atom is -0.497 e. The third kappa shape index (κ3) is 3.58. The molecule has 0 aromatic heterocycles. The Kier molecular flexibility index (Phi) is 5.13. The molecule has 1 fully saturated rings. The first kappa shape index (κ1) is 16.5. The monoisotopic (exact) mass is 325 g/mol. The average molecular weight is 325 g/mol. The van der Waals surface area contributed by atoms with Gasteiger partial charge in [-0.3, -0.25) is 10.2 Å². The number of carbonyl (C=O) groups excluding carboxylic acids is 1. The van der Waals surface area contributed by atoms with Crippen molar-refractivity contribution in [1.29, 1.82) is 0 Å². The van der Waals surface area contributed by atoms with Gasteiger partial charge in [-0.25, -0.2) is 5.43 Å². The first-order chi connectivity index (χ1) is 11.7. The highest BCUT2D eigenvalue weighted by atomic mass is 16.5. The molecule has 2 aromatic carbocycles. The van der Waals surface area contributed by atoms with Crippen molar-refractivity contribution in [3.05, 3.63) is 65.7 Å². The van der Waals surface area contributed by atoms with Crippen molar-refractivity contribution < 1.29 is 9.53 Å². The van der Waals surface area contributed by atoms with Gasteiger partial charge in [0.1, 0.15) is 5.75 Å². The third-order valence-electron chi connectivity index (χ3n) is 4.45. The molecule has 0 spiro atoms. The Labute approximate surface area is 142 Å². The van der Waals surface area contributed by atoms with E-state index in [0.717, 1.165) is 16.9 Å². The van der Waals surface area contributed by atoms with Crippen LogP contribution in [-0.2, 0) is 4.79 Å². The molecule has 1 saturated heterocycles. The number of methoxy groups -OCH3 is 1. The quantitative estimate of drug-likeness (QED) is 0.790. The largest absolute Gasteiger partial charge is 0.497 e. The second-order valence-electron chi connectivity index (χ2n) is 6.02. The lowest BCUT2D eigenvalue weighted by Gasteiger charge is -2.21. The number of nitrogens with one attached hydrogen (secondary N) is 3. The van der Waals surface area contributed by atoms with Crippen molar-refractivity contribution in [2.24, 2.45) is 5.92 Å². The summed E-state index contributed by atoms with van der Waals surface area (Å²) in [6.45, 7) is 2.60. The van der Waals surface area contributed by atoms with Gasteiger partial charge >= 0.3 is 0 Å². The molecule has 3 atom stereocenters. The minimum atomic E-state index is -0.145. The van der Waals surface area contributed by atoms with Gasteiger partial charge in [-0.2, -0.15) is 0 Å². The zero-order valence-electron chi connectivity index (χ0n) is 14.0. The van der Waals surface area contributed by atoms with Gasteiger partial charge in [0.25, 0.3) is 0 Å². The molecule has 5 nitrogen and oxygen atoms in total. The van der Waals surface area contributed by atoms with Crippen molar-refractivity contribution in [2.75, 3.05) is 13.7 Å². The number of hydrogen-bond acceptors (Lipinski definition) is 4. The second-order valence-corrected chi connectivity index (χ2v) is 6.02. The van der Waals surface area contributed by atoms with Crippen LogP contribution in [0.4, 0.5) is 0 Å². The van der Waals surface area contributed by atoms with Crippen LogP contribution in [0, 0.1) is 5.92 Å². The summed E-state index contributed by atoms with van der Waals surface area (Å²) in [6.07, 6.45) is 0. The van der Waals surface area contributed by atoms with Gasteiger partial charge in [-0.15, -0.1) is 0 Å². The molecule has 0 aliphatic carbocycles. The van der Waals surface area contributed by atoms with Gasteiger partial charge in [0, 0.05) is 6.54 Å². The van der Waals surface area contributed by atoms with E-state index in [1.807, 2.05) is 61.5 Å². The fourth-order valence-corrected chi connectivity index (χ4v) is 3.01. The molecule has 1 aliphatic heterocycles. The van der Waals surface area contributed by atoms with Crippen molar-refractivity contribution in [3.63, 3.8) is 0 Å². The molecule has 0 saturated carbocycles. The van der Waals surface area contributed by atoms with Gasteiger partial charge < -0.3 is 10.1 Å². The summed E-state index contributed by atoms with van der Waals surface area (Å²) in [5.74, 6) is 0.711. The maximum absolute atomic E-state index is 12.7. The number of carbonyl (C=O) groups is 1. The summed E-state index contributed by atoms with van der Waals surface area (Å²) in [5, 5.41) is 3.12. The van der Waals surface area contributed by atoms with Crippen LogP contribution in [-0.4, -0.2) is 19.6 Å². The van der Waals surface area contributed by atoms with E-state index in [0.29, 0.717) is 6.54 Å². The Balaban J connectivity index is 1.67. The smallest absolute Gasteiger partial charge is 0.226 e. The van der Waals surface area contributed by atoms with Crippen LogP contribution in [0.15, 0.2) is 54.6 Å². The Morgan fingerprint density at radius 3 is 2.54 bits per heavy atom. The van der Waals surface area contributed by atoms with E-state index in [-0.39, 0.29) is 23.9 Å². The molecule has 5 heteroatoms. The van der Waals surface area contributed by atoms with Crippen molar-refractivity contribution in [2.45, 2.75) is 19.0 Å². The maximum atomic E-state index is 12.7. The Morgan fingerprint density at radius 2 is 1.88 bits per heavy atom. The van der Waals surface area contributed by atoms with Crippen LogP contribution in [0.5, 0.6) is 5.75 Å². The van der Waals surface area contributed by atoms with E-state index < -0.39 is 0 Å². The van der Waals surface area contributed by atoms with Crippen LogP contribution >= 0.6 is 0 Å². The molecule has 126 valence electrons. The van der Waals surface area contributed by atoms with Gasteiger partial charge in [0.05, 0.1) is 25.1 Å². The molecule has 3 N–H and O–H groups in total. The summed E-state index contributed by atoms with van der Waals surface area (Å²) in [5.41, 5.74) is 8.47. The molecule has 0 bridgehead atoms. The molecule has 3 rings (SSSR count). The number of hydrazine groups is 1. The molecule has 1 heterocycles. The summed E-state index contributed by atoms with van der Waals surface area (Å²) in [6, 6.07) is 17.7. The average Bonchev–Trinajstić information content (AvgIpc) is 3.12. The van der Waals surface area contributed by atoms with E-state index >= 15 is 0 Å². The number of rotatable bonds is 5. The number of ether oxygens (including phenoxy) is 1. The molecule has 1 amide bonds. The summed E-state index contributed by atoms with van der Waals surface area (Å²) in [7, 11) is 1.64. The van der Waals surface area contributed by atoms with Crippen molar-refractivity contribution >= 4 is 5.91 Å². The van der Waals surface area contributed by atoms with Crippen LogP contribution in [0.3, 0.4) is 0 Å². The van der Waals surface area contributed by atoms with Gasteiger partial charge in [0.15, 0.2) is 0 Å². The Morgan fingerprint density at radius 1 is 1.17 bits per heavy atom. The predicted molar refractivity (Wildman–Crippen MR) is 93.4 cm³/mol. The first-order valence-electron chi connectivity index (χ1n) is 8.16. The standard InChI is InChI=1S/C19H23N3O2/c1-13(14-8-10-16(24-2)11-9-14)21-19(23)17-12-20-22-18(17)15-6-4-3-5-7-15/h3-11,13,17-18,20,22H,12H2,1-2H3,(H,21,23). The highest BCUT2D eigenvalue weighted by molar-refractivity contribution is 5.80. The van der Waals surface area contributed by atoms with E-state index in [1.165, 1.54) is 0 Å². The minimum absolute atomic E-state index is 0.0192. The lowest BCUT2D eigenvalue weighted by Crippen LogP contribution is -2.36. The zero-order chi connectivity index (χ0) is 16.9. The molecular weight excluding hydrogens is 302 g/mol. The van der Waals surface area contributed by atoms with E-state index in [9.17, 15) is 4.79 Å². The van der Waals surface area contributed by atoms with Crippen molar-refractivity contribution in [3.8, 4) is 5.75 Å². The van der Waals surface area contributed by atoms with Gasteiger partial charge in [0.2, 0.25) is 5.91 Å². The lowest BCUT2D eigenvalue weighted by molar-refractivity contribution is -0.125. The topological polar surface area (TPSA) is 62.4 Å². The molecule has 1 aliphatic rings. The predicted octanol–water partition coefficient (Wildman–Crippen LogP) is 2.34. The van der Waals surface area contributed by atoms with Crippen LogP contribution < -0.4 is 20.9 Å². The summed E-state index contributed by atoms with van der Waals surface area (Å²) in [4.78, 5) is 12.7. The van der Waals surface area contributed by atoms with Crippen LogP contribution in [0.2, 0.25) is 0 Å². The molecule has 2 aromatic rings. The highest BCUT2D eigenvalue weighted by Crippen LogP contribution is 2.26. The molecule has 0 radical (unpaired) electrons. The van der Waals surface area contributed by atoms with Crippen molar-refractivity contribution in [1.82, 2.24) is 16.2 Å². The zero-order valence-corrected chi connectivity index (χ0v) is 14.0. The van der Waals surface area contributed by atoms with E-state index in [2.05, 4.69) is 16.2 Å². The third-order valence-corrected chi connectivity index (χ3v) is 4.45. The first-order valence-corrected chi connectivity index (χ1v) is 8.16. The molecule has 24 heavy (non-hydrogen) atoms. The van der Waals surface area contributed by atoms with Crippen LogP contribution in [0.1, 0.15) is 30.1 Å². The highest BCUT2D eigenvalue weighted by Gasteiger charge is 2.34. The molecule has 3 unspecified atom stereocenters. The fourth-order valence-electron chi connectivity index (χ4n) is 3.01. The fraction of sp³-hybridized carbons (Fsp3) is 0.316. The van der Waals surface area contributed by atoms with Gasteiger partial charge in [-0.1, -0.05) is 42.5 Å². The van der Waals surface area contributed by atoms with Crippen LogP contribution in [0.25, 0.3) is 0 Å². The number of amides is 1. The van der Waals surface area contributed by atoms with Gasteiger partial charge in [-0.05, 0) is 30.2 Å². The number of hydrogen-bond donors (Lipinski definition) is 3. The normalized spacial score (nSPS) is 21.2. The number of benzene rings is 2. The Hall–Kier alpha value is -2.37. The maximum Gasteiger partial charge on any atom is 0.226 e. The van der Waals surface area contributed by atoms with E-state index in [4.69, 9.17) is 4.74 Å². The second kappa shape index (κ2) is 7.47. The summed E-state index contributed by atoms with van der Waals surface area (Å²) < 4.78 is 5.17. The lowest BCUT2D eigenvalue weighted by atomic mass is 9.93.